The SMILES string of the molecule is COCc1ccc(CN2CCCC3(CCCNC3)C2)cc1. The van der Waals surface area contributed by atoms with E-state index in [9.17, 15) is 0 Å². The number of hydrogen-bond donors (Lipinski definition) is 1. The van der Waals surface area contributed by atoms with Gasteiger partial charge < -0.3 is 10.1 Å². The lowest BCUT2D eigenvalue weighted by molar-refractivity contribution is 0.0600. The second-order valence-electron chi connectivity index (χ2n) is 6.84. The molecule has 3 rings (SSSR count). The Morgan fingerprint density at radius 2 is 1.90 bits per heavy atom. The molecule has 2 heterocycles. The molecule has 2 saturated heterocycles. The lowest BCUT2D eigenvalue weighted by atomic mass is 9.74. The molecule has 1 spiro atoms. The summed E-state index contributed by atoms with van der Waals surface area (Å²) in [6.45, 7) is 6.74. The van der Waals surface area contributed by atoms with Gasteiger partial charge in [-0.15, -0.1) is 0 Å². The van der Waals surface area contributed by atoms with Crippen LogP contribution in [0, 0.1) is 5.41 Å². The second kappa shape index (κ2) is 6.91. The Labute approximate surface area is 128 Å². The van der Waals surface area contributed by atoms with Crippen LogP contribution >= 0.6 is 0 Å². The highest BCUT2D eigenvalue weighted by atomic mass is 16.5. The molecule has 1 N–H and O–H groups in total. The zero-order valence-corrected chi connectivity index (χ0v) is 13.2. The van der Waals surface area contributed by atoms with E-state index in [1.54, 1.807) is 7.11 Å². The molecular weight excluding hydrogens is 260 g/mol. The Bertz CT molecular complexity index is 432. The van der Waals surface area contributed by atoms with E-state index in [2.05, 4.69) is 34.5 Å². The fraction of sp³-hybridized carbons (Fsp3) is 0.667. The molecule has 1 aromatic rings. The second-order valence-corrected chi connectivity index (χ2v) is 6.84. The van der Waals surface area contributed by atoms with E-state index in [4.69, 9.17) is 4.74 Å². The summed E-state index contributed by atoms with van der Waals surface area (Å²) in [6, 6.07) is 8.91. The van der Waals surface area contributed by atoms with Gasteiger partial charge >= 0.3 is 0 Å². The molecule has 0 saturated carbocycles. The summed E-state index contributed by atoms with van der Waals surface area (Å²) in [4.78, 5) is 2.65. The van der Waals surface area contributed by atoms with E-state index >= 15 is 0 Å². The van der Waals surface area contributed by atoms with Crippen molar-refractivity contribution in [2.45, 2.75) is 38.8 Å². The highest BCUT2D eigenvalue weighted by molar-refractivity contribution is 5.22. The number of rotatable bonds is 4. The van der Waals surface area contributed by atoms with Gasteiger partial charge in [-0.2, -0.15) is 0 Å². The third-order valence-corrected chi connectivity index (χ3v) is 5.04. The van der Waals surface area contributed by atoms with Gasteiger partial charge in [0.05, 0.1) is 6.61 Å². The van der Waals surface area contributed by atoms with E-state index in [1.807, 2.05) is 0 Å². The predicted molar refractivity (Wildman–Crippen MR) is 86.2 cm³/mol. The Kier molecular flexibility index (Phi) is 4.94. The largest absolute Gasteiger partial charge is 0.380 e. The van der Waals surface area contributed by atoms with E-state index < -0.39 is 0 Å². The third kappa shape index (κ3) is 3.85. The van der Waals surface area contributed by atoms with Crippen LogP contribution in [0.25, 0.3) is 0 Å². The molecule has 1 unspecified atom stereocenters. The lowest BCUT2D eigenvalue weighted by Crippen LogP contribution is -2.50. The Hall–Kier alpha value is -0.900. The van der Waals surface area contributed by atoms with Crippen LogP contribution in [0.15, 0.2) is 24.3 Å². The van der Waals surface area contributed by atoms with Crippen LogP contribution in [-0.4, -0.2) is 38.2 Å². The van der Waals surface area contributed by atoms with Crippen LogP contribution in [-0.2, 0) is 17.9 Å². The first kappa shape index (κ1) is 15.0. The number of hydrogen-bond acceptors (Lipinski definition) is 3. The van der Waals surface area contributed by atoms with Gasteiger partial charge in [-0.1, -0.05) is 24.3 Å². The van der Waals surface area contributed by atoms with Crippen molar-refractivity contribution in [3.63, 3.8) is 0 Å². The van der Waals surface area contributed by atoms with Gasteiger partial charge in [0.1, 0.15) is 0 Å². The van der Waals surface area contributed by atoms with Crippen molar-refractivity contribution in [1.29, 1.82) is 0 Å². The molecule has 0 amide bonds. The predicted octanol–water partition coefficient (Wildman–Crippen LogP) is 2.80. The average molecular weight is 288 g/mol. The Morgan fingerprint density at radius 3 is 2.62 bits per heavy atom. The maximum atomic E-state index is 5.18. The maximum Gasteiger partial charge on any atom is 0.0713 e. The van der Waals surface area contributed by atoms with Crippen LogP contribution in [0.1, 0.15) is 36.8 Å². The quantitative estimate of drug-likeness (QED) is 0.922. The molecule has 0 radical (unpaired) electrons. The van der Waals surface area contributed by atoms with Crippen molar-refractivity contribution in [2.24, 2.45) is 5.41 Å². The van der Waals surface area contributed by atoms with Gasteiger partial charge in [0.2, 0.25) is 0 Å². The smallest absolute Gasteiger partial charge is 0.0713 e. The van der Waals surface area contributed by atoms with Crippen molar-refractivity contribution in [3.8, 4) is 0 Å². The van der Waals surface area contributed by atoms with E-state index in [0.717, 1.165) is 6.54 Å². The van der Waals surface area contributed by atoms with Gasteiger partial charge in [0.25, 0.3) is 0 Å². The Morgan fingerprint density at radius 1 is 1.14 bits per heavy atom. The molecule has 1 aromatic carbocycles. The van der Waals surface area contributed by atoms with Gasteiger partial charge in [-0.25, -0.2) is 0 Å². The van der Waals surface area contributed by atoms with Gasteiger partial charge in [0, 0.05) is 26.7 Å². The summed E-state index contributed by atoms with van der Waals surface area (Å²) in [6.07, 6.45) is 5.51. The number of piperidine rings is 2. The van der Waals surface area contributed by atoms with Crippen LogP contribution in [0.4, 0.5) is 0 Å². The molecule has 2 aliphatic rings. The molecule has 3 heteroatoms. The first-order valence-corrected chi connectivity index (χ1v) is 8.30. The molecule has 21 heavy (non-hydrogen) atoms. The minimum atomic E-state index is 0.548. The minimum Gasteiger partial charge on any atom is -0.380 e. The number of nitrogens with one attached hydrogen (secondary N) is 1. The zero-order valence-electron chi connectivity index (χ0n) is 13.2. The lowest BCUT2D eigenvalue weighted by Gasteiger charge is -2.45. The van der Waals surface area contributed by atoms with Crippen LogP contribution in [0.2, 0.25) is 0 Å². The fourth-order valence-electron chi connectivity index (χ4n) is 3.99. The summed E-state index contributed by atoms with van der Waals surface area (Å²) in [5.74, 6) is 0. The third-order valence-electron chi connectivity index (χ3n) is 5.04. The molecule has 3 nitrogen and oxygen atoms in total. The van der Waals surface area contributed by atoms with Crippen molar-refractivity contribution < 1.29 is 4.74 Å². The number of methoxy groups -OCH3 is 1. The molecule has 0 bridgehead atoms. The Balaban J connectivity index is 1.59. The number of ether oxygens (including phenoxy) is 1. The number of nitrogens with zero attached hydrogens (tertiary/aromatic N) is 1. The topological polar surface area (TPSA) is 24.5 Å². The van der Waals surface area contributed by atoms with E-state index in [1.165, 1.54) is 63.0 Å². The van der Waals surface area contributed by atoms with Crippen molar-refractivity contribution >= 4 is 0 Å². The summed E-state index contributed by atoms with van der Waals surface area (Å²) in [5, 5.41) is 3.61. The molecule has 1 atom stereocenters. The van der Waals surface area contributed by atoms with E-state index in [-0.39, 0.29) is 0 Å². The first-order valence-electron chi connectivity index (χ1n) is 8.30. The van der Waals surface area contributed by atoms with Gasteiger partial charge in [0.15, 0.2) is 0 Å². The van der Waals surface area contributed by atoms with Crippen molar-refractivity contribution in [1.82, 2.24) is 10.2 Å². The minimum absolute atomic E-state index is 0.548. The molecule has 2 aliphatic heterocycles. The molecule has 0 aliphatic carbocycles. The van der Waals surface area contributed by atoms with Crippen LogP contribution < -0.4 is 5.32 Å². The number of likely N-dealkylation sites (tertiary alicyclic amines) is 1. The van der Waals surface area contributed by atoms with Crippen molar-refractivity contribution in [2.75, 3.05) is 33.3 Å². The standard InChI is InChI=1S/C18H28N2O/c1-21-13-17-6-4-16(5-7-17)12-20-11-3-9-18(15-20)8-2-10-19-14-18/h4-7,19H,2-3,8-15H2,1H3. The average Bonchev–Trinajstić information content (AvgIpc) is 2.50. The highest BCUT2D eigenvalue weighted by Crippen LogP contribution is 2.36. The molecule has 116 valence electrons. The number of benzene rings is 1. The fourth-order valence-corrected chi connectivity index (χ4v) is 3.99. The van der Waals surface area contributed by atoms with Crippen molar-refractivity contribution in [3.05, 3.63) is 35.4 Å². The molecular formula is C18H28N2O. The first-order chi connectivity index (χ1) is 10.3. The molecule has 2 fully saturated rings. The summed E-state index contributed by atoms with van der Waals surface area (Å²) in [5.41, 5.74) is 3.23. The normalized spacial score (nSPS) is 27.1. The van der Waals surface area contributed by atoms with Gasteiger partial charge in [-0.3, -0.25) is 4.90 Å². The summed E-state index contributed by atoms with van der Waals surface area (Å²) < 4.78 is 5.18. The van der Waals surface area contributed by atoms with Crippen LogP contribution in [0.3, 0.4) is 0 Å². The molecule has 0 aromatic heterocycles. The zero-order chi connectivity index (χ0) is 14.5. The summed E-state index contributed by atoms with van der Waals surface area (Å²) >= 11 is 0. The monoisotopic (exact) mass is 288 g/mol. The van der Waals surface area contributed by atoms with Crippen LogP contribution in [0.5, 0.6) is 0 Å². The summed E-state index contributed by atoms with van der Waals surface area (Å²) in [7, 11) is 1.75. The maximum absolute atomic E-state index is 5.18. The van der Waals surface area contributed by atoms with Gasteiger partial charge in [-0.05, 0) is 55.3 Å². The van der Waals surface area contributed by atoms with E-state index in [0.29, 0.717) is 12.0 Å². The highest BCUT2D eigenvalue weighted by Gasteiger charge is 2.36.